The van der Waals surface area contributed by atoms with Crippen molar-refractivity contribution in [1.29, 1.82) is 0 Å². The largest absolute Gasteiger partial charge is 0.323 e. The fourth-order valence-corrected chi connectivity index (χ4v) is 2.12. The Morgan fingerprint density at radius 3 is 2.88 bits per heavy atom. The van der Waals surface area contributed by atoms with Gasteiger partial charge in [-0.1, -0.05) is 0 Å². The molecule has 0 aliphatic heterocycles. The summed E-state index contributed by atoms with van der Waals surface area (Å²) in [7, 11) is 0. The normalized spacial score (nSPS) is 17.9. The SMILES string of the molecule is CC(N)c1nc2ccc(F)cc2n1C1CC1. The molecule has 0 bridgehead atoms. The summed E-state index contributed by atoms with van der Waals surface area (Å²) >= 11 is 0. The summed E-state index contributed by atoms with van der Waals surface area (Å²) < 4.78 is 15.3. The highest BCUT2D eigenvalue weighted by Gasteiger charge is 2.29. The standard InChI is InChI=1S/C12H14FN3/c1-7(14)12-15-10-5-2-8(13)6-11(10)16(12)9-3-4-9/h2,5-7,9H,3-4,14H2,1H3. The molecule has 1 fully saturated rings. The summed E-state index contributed by atoms with van der Waals surface area (Å²) in [6.07, 6.45) is 2.28. The van der Waals surface area contributed by atoms with Crippen molar-refractivity contribution < 1.29 is 4.39 Å². The first-order valence-corrected chi connectivity index (χ1v) is 5.60. The molecule has 0 amide bonds. The van der Waals surface area contributed by atoms with Gasteiger partial charge in [0.05, 0.1) is 17.1 Å². The Hall–Kier alpha value is -1.42. The molecule has 2 N–H and O–H groups in total. The Balaban J connectivity index is 2.29. The first kappa shape index (κ1) is 9.78. The molecule has 1 aliphatic carbocycles. The van der Waals surface area contributed by atoms with Crippen molar-refractivity contribution in [1.82, 2.24) is 9.55 Å². The van der Waals surface area contributed by atoms with Gasteiger partial charge in [0.2, 0.25) is 0 Å². The second-order valence-corrected chi connectivity index (χ2v) is 4.49. The third-order valence-corrected chi connectivity index (χ3v) is 3.00. The van der Waals surface area contributed by atoms with Gasteiger partial charge >= 0.3 is 0 Å². The molecule has 16 heavy (non-hydrogen) atoms. The average Bonchev–Trinajstić information content (AvgIpc) is 2.99. The highest BCUT2D eigenvalue weighted by atomic mass is 19.1. The zero-order chi connectivity index (χ0) is 11.3. The number of hydrogen-bond donors (Lipinski definition) is 1. The number of halogens is 1. The Morgan fingerprint density at radius 2 is 2.25 bits per heavy atom. The highest BCUT2D eigenvalue weighted by molar-refractivity contribution is 5.76. The lowest BCUT2D eigenvalue weighted by molar-refractivity contribution is 0.622. The van der Waals surface area contributed by atoms with Crippen LogP contribution in [-0.4, -0.2) is 9.55 Å². The first-order valence-electron chi connectivity index (χ1n) is 5.60. The van der Waals surface area contributed by atoms with Crippen LogP contribution in [0.5, 0.6) is 0 Å². The van der Waals surface area contributed by atoms with Crippen LogP contribution in [0, 0.1) is 5.82 Å². The molecular formula is C12H14FN3. The van der Waals surface area contributed by atoms with Crippen LogP contribution in [0.4, 0.5) is 4.39 Å². The van der Waals surface area contributed by atoms with E-state index in [9.17, 15) is 4.39 Å². The lowest BCUT2D eigenvalue weighted by Crippen LogP contribution is -2.12. The van der Waals surface area contributed by atoms with Crippen LogP contribution in [0.25, 0.3) is 11.0 Å². The Labute approximate surface area is 93.1 Å². The smallest absolute Gasteiger partial charge is 0.126 e. The van der Waals surface area contributed by atoms with Crippen molar-refractivity contribution in [2.45, 2.75) is 31.8 Å². The van der Waals surface area contributed by atoms with E-state index in [0.29, 0.717) is 6.04 Å². The molecule has 84 valence electrons. The van der Waals surface area contributed by atoms with E-state index in [2.05, 4.69) is 9.55 Å². The second-order valence-electron chi connectivity index (χ2n) is 4.49. The first-order chi connectivity index (χ1) is 7.66. The maximum atomic E-state index is 13.2. The molecule has 1 heterocycles. The monoisotopic (exact) mass is 219 g/mol. The summed E-state index contributed by atoms with van der Waals surface area (Å²) in [5.74, 6) is 0.647. The van der Waals surface area contributed by atoms with Gasteiger partial charge in [-0.15, -0.1) is 0 Å². The van der Waals surface area contributed by atoms with Crippen molar-refractivity contribution in [2.24, 2.45) is 5.73 Å². The van der Waals surface area contributed by atoms with Crippen molar-refractivity contribution in [2.75, 3.05) is 0 Å². The molecule has 1 aromatic heterocycles. The molecule has 1 unspecified atom stereocenters. The van der Waals surface area contributed by atoms with E-state index in [1.54, 1.807) is 12.1 Å². The van der Waals surface area contributed by atoms with E-state index in [4.69, 9.17) is 5.73 Å². The minimum absolute atomic E-state index is 0.115. The quantitative estimate of drug-likeness (QED) is 0.843. The van der Waals surface area contributed by atoms with Gasteiger partial charge in [0, 0.05) is 6.04 Å². The van der Waals surface area contributed by atoms with Crippen molar-refractivity contribution in [3.05, 3.63) is 29.8 Å². The predicted molar refractivity (Wildman–Crippen MR) is 60.6 cm³/mol. The summed E-state index contributed by atoms with van der Waals surface area (Å²) in [6, 6.07) is 5.06. The van der Waals surface area contributed by atoms with Crippen molar-refractivity contribution in [3.8, 4) is 0 Å². The van der Waals surface area contributed by atoms with Gasteiger partial charge in [0.15, 0.2) is 0 Å². The lowest BCUT2D eigenvalue weighted by Gasteiger charge is -2.09. The topological polar surface area (TPSA) is 43.8 Å². The molecule has 1 aromatic carbocycles. The number of hydrogen-bond acceptors (Lipinski definition) is 2. The van der Waals surface area contributed by atoms with Gasteiger partial charge in [0.1, 0.15) is 11.6 Å². The summed E-state index contributed by atoms with van der Waals surface area (Å²) in [5.41, 5.74) is 7.61. The summed E-state index contributed by atoms with van der Waals surface area (Å²) in [4.78, 5) is 4.49. The van der Waals surface area contributed by atoms with Crippen LogP contribution >= 0.6 is 0 Å². The van der Waals surface area contributed by atoms with Crippen LogP contribution < -0.4 is 5.73 Å². The van der Waals surface area contributed by atoms with E-state index < -0.39 is 0 Å². The van der Waals surface area contributed by atoms with E-state index in [-0.39, 0.29) is 11.9 Å². The van der Waals surface area contributed by atoms with Gasteiger partial charge in [-0.3, -0.25) is 0 Å². The molecule has 0 radical (unpaired) electrons. The highest BCUT2D eigenvalue weighted by Crippen LogP contribution is 2.39. The van der Waals surface area contributed by atoms with Gasteiger partial charge in [-0.05, 0) is 38.0 Å². The van der Waals surface area contributed by atoms with E-state index >= 15 is 0 Å². The average molecular weight is 219 g/mol. The molecule has 2 aromatic rings. The fourth-order valence-electron chi connectivity index (χ4n) is 2.12. The molecule has 1 atom stereocenters. The minimum Gasteiger partial charge on any atom is -0.323 e. The number of fused-ring (bicyclic) bond motifs is 1. The molecule has 1 aliphatic rings. The number of nitrogens with two attached hydrogens (primary N) is 1. The molecule has 3 rings (SSSR count). The summed E-state index contributed by atoms with van der Waals surface area (Å²) in [6.45, 7) is 1.91. The van der Waals surface area contributed by atoms with Gasteiger partial charge in [-0.25, -0.2) is 9.37 Å². The van der Waals surface area contributed by atoms with E-state index in [0.717, 1.165) is 29.7 Å². The van der Waals surface area contributed by atoms with Crippen molar-refractivity contribution in [3.63, 3.8) is 0 Å². The van der Waals surface area contributed by atoms with Crippen LogP contribution in [0.2, 0.25) is 0 Å². The van der Waals surface area contributed by atoms with Gasteiger partial charge in [0.25, 0.3) is 0 Å². The molecule has 0 saturated heterocycles. The summed E-state index contributed by atoms with van der Waals surface area (Å²) in [5, 5.41) is 0. The Bertz CT molecular complexity index is 540. The molecule has 1 saturated carbocycles. The van der Waals surface area contributed by atoms with Crippen LogP contribution in [0.3, 0.4) is 0 Å². The molecule has 4 heteroatoms. The molecule has 0 spiro atoms. The second kappa shape index (κ2) is 3.28. The number of benzene rings is 1. The molecular weight excluding hydrogens is 205 g/mol. The third kappa shape index (κ3) is 1.41. The Morgan fingerprint density at radius 1 is 1.50 bits per heavy atom. The minimum atomic E-state index is -0.217. The number of rotatable bonds is 2. The fraction of sp³-hybridized carbons (Fsp3) is 0.417. The number of aromatic nitrogens is 2. The van der Waals surface area contributed by atoms with Crippen LogP contribution in [-0.2, 0) is 0 Å². The lowest BCUT2D eigenvalue weighted by atomic mass is 10.3. The zero-order valence-electron chi connectivity index (χ0n) is 9.15. The third-order valence-electron chi connectivity index (χ3n) is 3.00. The van der Waals surface area contributed by atoms with Gasteiger partial charge in [-0.2, -0.15) is 0 Å². The van der Waals surface area contributed by atoms with Gasteiger partial charge < -0.3 is 10.3 Å². The maximum absolute atomic E-state index is 13.2. The Kier molecular flexibility index (Phi) is 2.01. The number of nitrogens with zero attached hydrogens (tertiary/aromatic N) is 2. The van der Waals surface area contributed by atoms with Crippen LogP contribution in [0.15, 0.2) is 18.2 Å². The molecule has 3 nitrogen and oxygen atoms in total. The van der Waals surface area contributed by atoms with E-state index in [1.165, 1.54) is 6.07 Å². The zero-order valence-corrected chi connectivity index (χ0v) is 9.15. The predicted octanol–water partition coefficient (Wildman–Crippen LogP) is 2.53. The van der Waals surface area contributed by atoms with E-state index in [1.807, 2.05) is 6.92 Å². The van der Waals surface area contributed by atoms with Crippen LogP contribution in [0.1, 0.15) is 37.7 Å². The number of imidazole rings is 1. The maximum Gasteiger partial charge on any atom is 0.126 e. The van der Waals surface area contributed by atoms with Crippen molar-refractivity contribution >= 4 is 11.0 Å².